The molecule has 17 heavy (non-hydrogen) atoms. The molecule has 1 rings (SSSR count). The van der Waals surface area contributed by atoms with Gasteiger partial charge in [-0.25, -0.2) is 14.8 Å². The molecule has 0 fully saturated rings. The fourth-order valence-corrected chi connectivity index (χ4v) is 1.85. The number of rotatable bonds is 5. The lowest BCUT2D eigenvalue weighted by Crippen LogP contribution is -2.41. The molecule has 0 aliphatic carbocycles. The number of carbonyl (C=O) groups is 2. The van der Waals surface area contributed by atoms with Crippen molar-refractivity contribution in [1.29, 1.82) is 0 Å². The van der Waals surface area contributed by atoms with E-state index in [2.05, 4.69) is 15.3 Å². The highest BCUT2D eigenvalue weighted by molar-refractivity contribution is 7.99. The van der Waals surface area contributed by atoms with Crippen molar-refractivity contribution in [3.8, 4) is 0 Å². The first kappa shape index (κ1) is 13.7. The molecule has 0 aromatic carbocycles. The summed E-state index contributed by atoms with van der Waals surface area (Å²) in [6, 6.07) is -0.961. The summed E-state index contributed by atoms with van der Waals surface area (Å²) in [6.07, 6.45) is 2.84. The van der Waals surface area contributed by atoms with Gasteiger partial charge in [0, 0.05) is 12.7 Å². The molecule has 1 aromatic heterocycles. The standard InChI is InChI=1S/C9H10ClN3O3S/c1-5(14)13-7(8(15)16)4-17-9-11-2-6(10)3-12-9/h2-3,7H,4H2,1H3,(H,13,14)(H,15,16). The van der Waals surface area contributed by atoms with Crippen LogP contribution in [-0.2, 0) is 9.59 Å². The molecule has 0 radical (unpaired) electrons. The van der Waals surface area contributed by atoms with Crippen LogP contribution in [0.4, 0.5) is 0 Å². The topological polar surface area (TPSA) is 92.2 Å². The van der Waals surface area contributed by atoms with Crippen molar-refractivity contribution in [2.45, 2.75) is 18.1 Å². The first-order valence-corrected chi connectivity index (χ1v) is 5.95. The van der Waals surface area contributed by atoms with Crippen molar-refractivity contribution in [3.63, 3.8) is 0 Å². The van der Waals surface area contributed by atoms with Gasteiger partial charge in [0.15, 0.2) is 5.16 Å². The number of halogens is 1. The van der Waals surface area contributed by atoms with Gasteiger partial charge in [0.1, 0.15) is 6.04 Å². The largest absolute Gasteiger partial charge is 0.480 e. The van der Waals surface area contributed by atoms with Crippen LogP contribution in [0.3, 0.4) is 0 Å². The number of nitrogens with one attached hydrogen (secondary N) is 1. The van der Waals surface area contributed by atoms with E-state index < -0.39 is 17.9 Å². The molecule has 8 heteroatoms. The molecule has 0 aliphatic heterocycles. The minimum absolute atomic E-state index is 0.149. The molecular weight excluding hydrogens is 266 g/mol. The average Bonchev–Trinajstić information content (AvgIpc) is 2.25. The van der Waals surface area contributed by atoms with Gasteiger partial charge in [0.05, 0.1) is 17.4 Å². The number of carboxylic acid groups (broad SMARTS) is 1. The van der Waals surface area contributed by atoms with Crippen molar-refractivity contribution < 1.29 is 14.7 Å². The molecule has 0 saturated carbocycles. The zero-order valence-corrected chi connectivity index (χ0v) is 10.5. The molecule has 0 spiro atoms. The van der Waals surface area contributed by atoms with Crippen LogP contribution in [0.5, 0.6) is 0 Å². The second kappa shape index (κ2) is 6.41. The molecule has 1 unspecified atom stereocenters. The van der Waals surface area contributed by atoms with Crippen LogP contribution in [-0.4, -0.2) is 38.7 Å². The molecule has 1 atom stereocenters. The SMILES string of the molecule is CC(=O)NC(CSc1ncc(Cl)cn1)C(=O)O. The van der Waals surface area contributed by atoms with Gasteiger partial charge in [0.2, 0.25) is 5.91 Å². The van der Waals surface area contributed by atoms with E-state index in [4.69, 9.17) is 16.7 Å². The summed E-state index contributed by atoms with van der Waals surface area (Å²) in [4.78, 5) is 29.4. The van der Waals surface area contributed by atoms with Crippen LogP contribution in [0, 0.1) is 0 Å². The summed E-state index contributed by atoms with van der Waals surface area (Å²) in [5, 5.41) is 12.0. The highest BCUT2D eigenvalue weighted by atomic mass is 35.5. The molecule has 2 N–H and O–H groups in total. The number of carboxylic acids is 1. The fraction of sp³-hybridized carbons (Fsp3) is 0.333. The van der Waals surface area contributed by atoms with E-state index in [9.17, 15) is 9.59 Å². The quantitative estimate of drug-likeness (QED) is 0.610. The van der Waals surface area contributed by atoms with E-state index in [-0.39, 0.29) is 5.75 Å². The molecule has 0 saturated heterocycles. The number of carbonyl (C=O) groups excluding carboxylic acids is 1. The molecule has 0 bridgehead atoms. The zero-order chi connectivity index (χ0) is 12.8. The number of aromatic nitrogens is 2. The van der Waals surface area contributed by atoms with Gasteiger partial charge in [-0.1, -0.05) is 23.4 Å². The Hall–Kier alpha value is -1.34. The first-order chi connectivity index (χ1) is 7.99. The molecule has 0 aliphatic rings. The Labute approximate surface area is 107 Å². The lowest BCUT2D eigenvalue weighted by atomic mass is 10.3. The third-order valence-electron chi connectivity index (χ3n) is 1.65. The second-order valence-electron chi connectivity index (χ2n) is 3.09. The Morgan fingerprint density at radius 1 is 1.53 bits per heavy atom. The van der Waals surface area contributed by atoms with Crippen LogP contribution in [0.2, 0.25) is 5.02 Å². The summed E-state index contributed by atoms with van der Waals surface area (Å²) in [5.41, 5.74) is 0. The highest BCUT2D eigenvalue weighted by Crippen LogP contribution is 2.15. The lowest BCUT2D eigenvalue weighted by molar-refractivity contribution is -0.140. The molecule has 1 aromatic rings. The van der Waals surface area contributed by atoms with Crippen molar-refractivity contribution in [2.24, 2.45) is 0 Å². The van der Waals surface area contributed by atoms with Crippen LogP contribution < -0.4 is 5.32 Å². The van der Waals surface area contributed by atoms with Crippen molar-refractivity contribution in [1.82, 2.24) is 15.3 Å². The number of thioether (sulfide) groups is 1. The minimum Gasteiger partial charge on any atom is -0.480 e. The maximum atomic E-state index is 10.8. The predicted molar refractivity (Wildman–Crippen MR) is 63.0 cm³/mol. The maximum Gasteiger partial charge on any atom is 0.327 e. The fourth-order valence-electron chi connectivity index (χ4n) is 0.953. The average molecular weight is 276 g/mol. The number of amides is 1. The zero-order valence-electron chi connectivity index (χ0n) is 8.88. The van der Waals surface area contributed by atoms with E-state index >= 15 is 0 Å². The summed E-state index contributed by atoms with van der Waals surface area (Å²) in [5.74, 6) is -1.34. The van der Waals surface area contributed by atoms with Crippen LogP contribution in [0.25, 0.3) is 0 Å². The van der Waals surface area contributed by atoms with Crippen LogP contribution >= 0.6 is 23.4 Å². The monoisotopic (exact) mass is 275 g/mol. The maximum absolute atomic E-state index is 10.8. The van der Waals surface area contributed by atoms with Crippen molar-refractivity contribution >= 4 is 35.2 Å². The Balaban J connectivity index is 2.54. The summed E-state index contributed by atoms with van der Waals surface area (Å²) >= 11 is 6.74. The predicted octanol–water partition coefficient (Wildman–Crippen LogP) is 0.811. The van der Waals surface area contributed by atoms with Crippen LogP contribution in [0.1, 0.15) is 6.92 Å². The third kappa shape index (κ3) is 5.01. The van der Waals surface area contributed by atoms with E-state index in [1.165, 1.54) is 19.3 Å². The van der Waals surface area contributed by atoms with E-state index in [0.29, 0.717) is 10.2 Å². The Bertz CT molecular complexity index is 412. The number of hydrogen-bond donors (Lipinski definition) is 2. The lowest BCUT2D eigenvalue weighted by Gasteiger charge is -2.11. The highest BCUT2D eigenvalue weighted by Gasteiger charge is 2.18. The summed E-state index contributed by atoms with van der Waals surface area (Å²) in [6.45, 7) is 1.26. The summed E-state index contributed by atoms with van der Waals surface area (Å²) in [7, 11) is 0. The molecule has 6 nitrogen and oxygen atoms in total. The van der Waals surface area contributed by atoms with Gasteiger partial charge >= 0.3 is 5.97 Å². The van der Waals surface area contributed by atoms with Crippen molar-refractivity contribution in [2.75, 3.05) is 5.75 Å². The first-order valence-electron chi connectivity index (χ1n) is 4.59. The summed E-state index contributed by atoms with van der Waals surface area (Å²) < 4.78 is 0. The molecule has 1 heterocycles. The minimum atomic E-state index is -1.10. The van der Waals surface area contributed by atoms with Gasteiger partial charge in [-0.15, -0.1) is 0 Å². The normalized spacial score (nSPS) is 11.9. The second-order valence-corrected chi connectivity index (χ2v) is 4.51. The number of nitrogens with zero attached hydrogens (tertiary/aromatic N) is 2. The smallest absolute Gasteiger partial charge is 0.327 e. The van der Waals surface area contributed by atoms with E-state index in [1.54, 1.807) is 0 Å². The van der Waals surface area contributed by atoms with E-state index in [0.717, 1.165) is 11.8 Å². The van der Waals surface area contributed by atoms with Crippen LogP contribution in [0.15, 0.2) is 17.6 Å². The van der Waals surface area contributed by atoms with Gasteiger partial charge < -0.3 is 10.4 Å². The number of hydrogen-bond acceptors (Lipinski definition) is 5. The molecule has 92 valence electrons. The third-order valence-corrected chi connectivity index (χ3v) is 2.82. The molecule has 1 amide bonds. The Morgan fingerprint density at radius 2 is 2.12 bits per heavy atom. The van der Waals surface area contributed by atoms with Gasteiger partial charge in [-0.2, -0.15) is 0 Å². The van der Waals surface area contributed by atoms with Gasteiger partial charge in [-0.3, -0.25) is 4.79 Å². The Morgan fingerprint density at radius 3 is 2.59 bits per heavy atom. The van der Waals surface area contributed by atoms with Crippen molar-refractivity contribution in [3.05, 3.63) is 17.4 Å². The van der Waals surface area contributed by atoms with E-state index in [1.807, 2.05) is 0 Å². The number of aliphatic carboxylic acids is 1. The van der Waals surface area contributed by atoms with Gasteiger partial charge in [-0.05, 0) is 0 Å². The molecular formula is C9H10ClN3O3S. The van der Waals surface area contributed by atoms with Gasteiger partial charge in [0.25, 0.3) is 0 Å². The Kier molecular flexibility index (Phi) is 5.17.